The van der Waals surface area contributed by atoms with Crippen LogP contribution in [0.4, 0.5) is 5.69 Å². The lowest BCUT2D eigenvalue weighted by atomic mass is 10.1. The molecular formula is C26H22N4. The minimum atomic E-state index is 0.832. The topological polar surface area (TPSA) is 46.0 Å². The molecule has 2 heterocycles. The molecule has 146 valence electrons. The predicted octanol–water partition coefficient (Wildman–Crippen LogP) is 6.39. The van der Waals surface area contributed by atoms with Crippen molar-refractivity contribution in [1.82, 2.24) is 14.5 Å². The number of imidazole rings is 1. The molecule has 2 aromatic heterocycles. The Bertz CT molecular complexity index is 1320. The van der Waals surface area contributed by atoms with Gasteiger partial charge in [-0.15, -0.1) is 0 Å². The lowest BCUT2D eigenvalue weighted by Crippen LogP contribution is -1.99. The molecule has 0 bridgehead atoms. The van der Waals surface area contributed by atoms with Crippen LogP contribution >= 0.6 is 0 Å². The summed E-state index contributed by atoms with van der Waals surface area (Å²) in [5.41, 5.74) is 8.48. The zero-order valence-corrected chi connectivity index (χ0v) is 17.0. The van der Waals surface area contributed by atoms with Crippen molar-refractivity contribution < 1.29 is 0 Å². The van der Waals surface area contributed by atoms with Crippen molar-refractivity contribution in [2.24, 2.45) is 4.99 Å². The van der Waals surface area contributed by atoms with E-state index in [-0.39, 0.29) is 0 Å². The number of aryl methyl sites for hydroxylation is 1. The Morgan fingerprint density at radius 3 is 2.43 bits per heavy atom. The SMILES string of the molecule is Cc1cc(C=Nc2ccccc2-c2nc3ccccc3[nH]2)c(C)n1-c1ccccc1. The number of hydrogen-bond acceptors (Lipinski definition) is 2. The number of aromatic amines is 1. The molecule has 1 N–H and O–H groups in total. The molecule has 0 fully saturated rings. The van der Waals surface area contributed by atoms with Gasteiger partial charge in [-0.3, -0.25) is 4.99 Å². The van der Waals surface area contributed by atoms with E-state index in [1.165, 1.54) is 11.4 Å². The summed E-state index contributed by atoms with van der Waals surface area (Å²) in [4.78, 5) is 13.0. The molecule has 0 aliphatic carbocycles. The van der Waals surface area contributed by atoms with Gasteiger partial charge in [-0.25, -0.2) is 4.98 Å². The van der Waals surface area contributed by atoms with E-state index in [2.05, 4.69) is 59.8 Å². The molecule has 0 aliphatic rings. The van der Waals surface area contributed by atoms with Crippen molar-refractivity contribution in [3.63, 3.8) is 0 Å². The normalized spacial score (nSPS) is 11.5. The summed E-state index contributed by atoms with van der Waals surface area (Å²) in [6.07, 6.45) is 1.95. The number of hydrogen-bond donors (Lipinski definition) is 1. The molecule has 5 aromatic rings. The fraction of sp³-hybridized carbons (Fsp3) is 0.0769. The molecular weight excluding hydrogens is 368 g/mol. The third kappa shape index (κ3) is 3.22. The first-order valence-electron chi connectivity index (χ1n) is 10.0. The molecule has 0 spiro atoms. The highest BCUT2D eigenvalue weighted by atomic mass is 15.0. The van der Waals surface area contributed by atoms with Crippen LogP contribution in [-0.2, 0) is 0 Å². The average molecular weight is 390 g/mol. The van der Waals surface area contributed by atoms with Gasteiger partial charge in [0, 0.05) is 34.4 Å². The number of benzene rings is 3. The van der Waals surface area contributed by atoms with Crippen LogP contribution < -0.4 is 0 Å². The molecule has 5 rings (SSSR count). The van der Waals surface area contributed by atoms with Crippen molar-refractivity contribution in [1.29, 1.82) is 0 Å². The number of aliphatic imine (C=N–C) groups is 1. The largest absolute Gasteiger partial charge is 0.338 e. The number of para-hydroxylation sites is 4. The van der Waals surface area contributed by atoms with Crippen molar-refractivity contribution >= 4 is 22.9 Å². The standard InChI is InChI=1S/C26H22N4/c1-18-16-20(19(2)30(18)21-10-4-3-5-11-21)17-27-23-13-7-6-12-22(23)26-28-24-14-8-9-15-25(24)29-26/h3-17H,1-2H3,(H,28,29). The van der Waals surface area contributed by atoms with Gasteiger partial charge in [-0.1, -0.05) is 42.5 Å². The molecule has 0 saturated heterocycles. The summed E-state index contributed by atoms with van der Waals surface area (Å²) >= 11 is 0. The average Bonchev–Trinajstić information content (AvgIpc) is 3.33. The Labute approximate surface area is 175 Å². The minimum absolute atomic E-state index is 0.832. The summed E-state index contributed by atoms with van der Waals surface area (Å²) in [7, 11) is 0. The zero-order valence-electron chi connectivity index (χ0n) is 17.0. The van der Waals surface area contributed by atoms with Crippen molar-refractivity contribution in [3.05, 3.63) is 102 Å². The number of nitrogens with one attached hydrogen (secondary N) is 1. The highest BCUT2D eigenvalue weighted by Gasteiger charge is 2.11. The van der Waals surface area contributed by atoms with Gasteiger partial charge in [-0.05, 0) is 56.3 Å². The maximum absolute atomic E-state index is 4.83. The van der Waals surface area contributed by atoms with Gasteiger partial charge in [0.2, 0.25) is 0 Å². The van der Waals surface area contributed by atoms with E-state index < -0.39 is 0 Å². The Morgan fingerprint density at radius 1 is 0.867 bits per heavy atom. The van der Waals surface area contributed by atoms with Gasteiger partial charge < -0.3 is 9.55 Å². The van der Waals surface area contributed by atoms with Crippen LogP contribution in [0.15, 0.2) is 89.9 Å². The molecule has 30 heavy (non-hydrogen) atoms. The van der Waals surface area contributed by atoms with Crippen LogP contribution in [0.25, 0.3) is 28.1 Å². The molecule has 4 nitrogen and oxygen atoms in total. The van der Waals surface area contributed by atoms with Gasteiger partial charge in [0.15, 0.2) is 0 Å². The lowest BCUT2D eigenvalue weighted by Gasteiger charge is -2.09. The quantitative estimate of drug-likeness (QED) is 0.355. The van der Waals surface area contributed by atoms with E-state index in [0.29, 0.717) is 0 Å². The maximum atomic E-state index is 4.83. The van der Waals surface area contributed by atoms with Crippen LogP contribution in [0.3, 0.4) is 0 Å². The lowest BCUT2D eigenvalue weighted by molar-refractivity contribution is 0.965. The van der Waals surface area contributed by atoms with Gasteiger partial charge >= 0.3 is 0 Å². The van der Waals surface area contributed by atoms with E-state index in [4.69, 9.17) is 9.98 Å². The second-order valence-electron chi connectivity index (χ2n) is 7.38. The van der Waals surface area contributed by atoms with E-state index in [1.807, 2.05) is 54.7 Å². The second-order valence-corrected chi connectivity index (χ2v) is 7.38. The fourth-order valence-electron chi connectivity index (χ4n) is 3.90. The summed E-state index contributed by atoms with van der Waals surface area (Å²) in [6, 6.07) is 28.7. The monoisotopic (exact) mass is 390 g/mol. The van der Waals surface area contributed by atoms with Gasteiger partial charge in [0.05, 0.1) is 16.7 Å². The molecule has 0 saturated carbocycles. The smallest absolute Gasteiger partial charge is 0.140 e. The summed E-state index contributed by atoms with van der Waals surface area (Å²) in [5, 5.41) is 0. The van der Waals surface area contributed by atoms with Crippen molar-refractivity contribution in [2.75, 3.05) is 0 Å². The van der Waals surface area contributed by atoms with E-state index >= 15 is 0 Å². The maximum Gasteiger partial charge on any atom is 0.140 e. The molecule has 0 radical (unpaired) electrons. The van der Waals surface area contributed by atoms with Crippen LogP contribution in [-0.4, -0.2) is 20.7 Å². The first-order valence-corrected chi connectivity index (χ1v) is 10.0. The van der Waals surface area contributed by atoms with Crippen LogP contribution in [0.2, 0.25) is 0 Å². The van der Waals surface area contributed by atoms with Crippen LogP contribution in [0, 0.1) is 13.8 Å². The Kier molecular flexibility index (Phi) is 4.52. The third-order valence-electron chi connectivity index (χ3n) is 5.38. The third-order valence-corrected chi connectivity index (χ3v) is 5.38. The number of H-pyrrole nitrogens is 1. The Balaban J connectivity index is 1.53. The first-order chi connectivity index (χ1) is 14.7. The summed E-state index contributed by atoms with van der Waals surface area (Å²) < 4.78 is 2.26. The second kappa shape index (κ2) is 7.48. The highest BCUT2D eigenvalue weighted by Crippen LogP contribution is 2.30. The molecule has 4 heteroatoms. The number of fused-ring (bicyclic) bond motifs is 1. The molecule has 0 amide bonds. The Morgan fingerprint density at radius 2 is 1.60 bits per heavy atom. The summed E-state index contributed by atoms with van der Waals surface area (Å²) in [5.74, 6) is 0.832. The van der Waals surface area contributed by atoms with E-state index in [1.54, 1.807) is 0 Å². The molecule has 0 aliphatic heterocycles. The fourth-order valence-corrected chi connectivity index (χ4v) is 3.90. The number of nitrogens with zero attached hydrogens (tertiary/aromatic N) is 3. The van der Waals surface area contributed by atoms with Gasteiger partial charge in [0.25, 0.3) is 0 Å². The summed E-state index contributed by atoms with van der Waals surface area (Å²) in [6.45, 7) is 4.26. The van der Waals surface area contributed by atoms with Crippen molar-refractivity contribution in [2.45, 2.75) is 13.8 Å². The van der Waals surface area contributed by atoms with Crippen LogP contribution in [0.5, 0.6) is 0 Å². The predicted molar refractivity (Wildman–Crippen MR) is 124 cm³/mol. The zero-order chi connectivity index (χ0) is 20.5. The number of aromatic nitrogens is 3. The first kappa shape index (κ1) is 18.1. The van der Waals surface area contributed by atoms with Crippen LogP contribution in [0.1, 0.15) is 17.0 Å². The number of rotatable bonds is 4. The molecule has 0 unspecified atom stereocenters. The van der Waals surface area contributed by atoms with E-state index in [9.17, 15) is 0 Å². The molecule has 3 aromatic carbocycles. The highest BCUT2D eigenvalue weighted by molar-refractivity contribution is 5.88. The van der Waals surface area contributed by atoms with E-state index in [0.717, 1.165) is 39.4 Å². The van der Waals surface area contributed by atoms with Gasteiger partial charge in [-0.2, -0.15) is 0 Å². The van der Waals surface area contributed by atoms with Crippen molar-refractivity contribution in [3.8, 4) is 17.1 Å². The molecule has 0 atom stereocenters. The van der Waals surface area contributed by atoms with Gasteiger partial charge in [0.1, 0.15) is 5.82 Å². The minimum Gasteiger partial charge on any atom is -0.338 e. The Hall–Kier alpha value is -3.92.